The molecule has 0 amide bonds. The molecule has 1 aliphatic rings. The largest absolute Gasteiger partial charge is 0.444 e. The van der Waals surface area contributed by atoms with E-state index in [9.17, 15) is 0 Å². The molecule has 8 heteroatoms. The number of ether oxygens (including phenoxy) is 1. The molecular weight excluding hydrogens is 481 g/mol. The second-order valence-electron chi connectivity index (χ2n) is 7.02. The molecule has 2 heterocycles. The average Bonchev–Trinajstić information content (AvgIpc) is 3.20. The van der Waals surface area contributed by atoms with Gasteiger partial charge in [-0.15, -0.1) is 24.0 Å². The lowest BCUT2D eigenvalue weighted by Crippen LogP contribution is -2.38. The highest BCUT2D eigenvalue weighted by atomic mass is 127. The molecule has 0 spiro atoms. The Hall–Kier alpha value is -1.65. The molecule has 1 aliphatic heterocycles. The molecule has 29 heavy (non-hydrogen) atoms. The Morgan fingerprint density at radius 1 is 1.14 bits per heavy atom. The number of halogens is 1. The fourth-order valence-electron chi connectivity index (χ4n) is 3.10. The fourth-order valence-corrected chi connectivity index (χ4v) is 3.10. The van der Waals surface area contributed by atoms with Gasteiger partial charge >= 0.3 is 0 Å². The standard InChI is InChI=1S/C21H31N5O2.HI/c1-17-5-7-18(8-6-17)20-25-19(16-28-20)15-24-21(22-2)23-9-3-4-10-26-11-13-27-14-12-26;/h5-8,16H,3-4,9-15H2,1-2H3,(H2,22,23,24);1H. The summed E-state index contributed by atoms with van der Waals surface area (Å²) >= 11 is 0. The van der Waals surface area contributed by atoms with Crippen molar-refractivity contribution in [2.45, 2.75) is 26.3 Å². The van der Waals surface area contributed by atoms with Gasteiger partial charge in [-0.25, -0.2) is 4.98 Å². The highest BCUT2D eigenvalue weighted by Gasteiger charge is 2.09. The summed E-state index contributed by atoms with van der Waals surface area (Å²) in [7, 11) is 1.78. The van der Waals surface area contributed by atoms with E-state index < -0.39 is 0 Å². The molecule has 1 aromatic carbocycles. The Kier molecular flexibility index (Phi) is 10.4. The molecule has 0 saturated carbocycles. The van der Waals surface area contributed by atoms with Crippen LogP contribution in [-0.2, 0) is 11.3 Å². The van der Waals surface area contributed by atoms with Crippen molar-refractivity contribution in [3.8, 4) is 11.5 Å². The number of benzene rings is 1. The van der Waals surface area contributed by atoms with E-state index in [1.54, 1.807) is 13.3 Å². The number of aromatic nitrogens is 1. The van der Waals surface area contributed by atoms with Crippen LogP contribution >= 0.6 is 24.0 Å². The summed E-state index contributed by atoms with van der Waals surface area (Å²) in [4.78, 5) is 11.3. The van der Waals surface area contributed by atoms with Crippen molar-refractivity contribution in [3.63, 3.8) is 0 Å². The van der Waals surface area contributed by atoms with Gasteiger partial charge in [-0.2, -0.15) is 0 Å². The topological polar surface area (TPSA) is 74.9 Å². The maximum absolute atomic E-state index is 5.60. The smallest absolute Gasteiger partial charge is 0.226 e. The fraction of sp³-hybridized carbons (Fsp3) is 0.524. The zero-order valence-corrected chi connectivity index (χ0v) is 19.6. The van der Waals surface area contributed by atoms with Crippen molar-refractivity contribution in [1.82, 2.24) is 20.5 Å². The van der Waals surface area contributed by atoms with E-state index >= 15 is 0 Å². The molecule has 0 unspecified atom stereocenters. The highest BCUT2D eigenvalue weighted by molar-refractivity contribution is 14.0. The molecule has 3 rings (SSSR count). The van der Waals surface area contributed by atoms with Crippen LogP contribution in [0.2, 0.25) is 0 Å². The Bertz CT molecular complexity index is 742. The molecule has 1 aromatic heterocycles. The van der Waals surface area contributed by atoms with Crippen molar-refractivity contribution < 1.29 is 9.15 Å². The molecule has 0 radical (unpaired) electrons. The molecule has 0 aliphatic carbocycles. The highest BCUT2D eigenvalue weighted by Crippen LogP contribution is 2.18. The minimum absolute atomic E-state index is 0. The monoisotopic (exact) mass is 513 g/mol. The van der Waals surface area contributed by atoms with Crippen LogP contribution in [0.3, 0.4) is 0 Å². The Morgan fingerprint density at radius 3 is 2.62 bits per heavy atom. The van der Waals surface area contributed by atoms with Gasteiger partial charge in [0, 0.05) is 32.2 Å². The van der Waals surface area contributed by atoms with Gasteiger partial charge in [0.15, 0.2) is 5.96 Å². The maximum Gasteiger partial charge on any atom is 0.226 e. The van der Waals surface area contributed by atoms with Gasteiger partial charge in [0.2, 0.25) is 5.89 Å². The number of hydrogen-bond acceptors (Lipinski definition) is 5. The van der Waals surface area contributed by atoms with Gasteiger partial charge < -0.3 is 19.8 Å². The third-order valence-electron chi connectivity index (χ3n) is 4.81. The number of oxazole rings is 1. The molecule has 2 N–H and O–H groups in total. The molecule has 160 valence electrons. The Balaban J connectivity index is 0.00000300. The summed E-state index contributed by atoms with van der Waals surface area (Å²) < 4.78 is 11.0. The Labute approximate surface area is 190 Å². The summed E-state index contributed by atoms with van der Waals surface area (Å²) in [6.07, 6.45) is 3.98. The van der Waals surface area contributed by atoms with Gasteiger partial charge in [-0.1, -0.05) is 17.7 Å². The first-order valence-corrected chi connectivity index (χ1v) is 10.0. The number of nitrogens with one attached hydrogen (secondary N) is 2. The minimum atomic E-state index is 0. The van der Waals surface area contributed by atoms with E-state index in [0.29, 0.717) is 12.4 Å². The summed E-state index contributed by atoms with van der Waals surface area (Å²) in [6, 6.07) is 8.16. The van der Waals surface area contributed by atoms with Crippen LogP contribution in [0.4, 0.5) is 0 Å². The lowest BCUT2D eigenvalue weighted by atomic mass is 10.1. The average molecular weight is 513 g/mol. The van der Waals surface area contributed by atoms with Crippen LogP contribution in [-0.4, -0.2) is 62.3 Å². The number of aliphatic imine (C=N–C) groups is 1. The first kappa shape index (κ1) is 23.6. The van der Waals surface area contributed by atoms with Crippen LogP contribution in [0.25, 0.3) is 11.5 Å². The van der Waals surface area contributed by atoms with Gasteiger partial charge in [0.05, 0.1) is 25.5 Å². The van der Waals surface area contributed by atoms with Crippen LogP contribution in [0.15, 0.2) is 39.9 Å². The summed E-state index contributed by atoms with van der Waals surface area (Å²) in [5.74, 6) is 1.43. The summed E-state index contributed by atoms with van der Waals surface area (Å²) in [5, 5.41) is 6.65. The zero-order chi connectivity index (χ0) is 19.6. The summed E-state index contributed by atoms with van der Waals surface area (Å²) in [6.45, 7) is 8.51. The number of nitrogens with zero attached hydrogens (tertiary/aromatic N) is 3. The Morgan fingerprint density at radius 2 is 1.90 bits per heavy atom. The van der Waals surface area contributed by atoms with E-state index in [2.05, 4.69) is 44.6 Å². The van der Waals surface area contributed by atoms with Crippen LogP contribution in [0.5, 0.6) is 0 Å². The second kappa shape index (κ2) is 12.8. The molecule has 7 nitrogen and oxygen atoms in total. The van der Waals surface area contributed by atoms with Crippen molar-refractivity contribution >= 4 is 29.9 Å². The SMILES string of the molecule is CN=C(NCCCCN1CCOCC1)NCc1coc(-c2ccc(C)cc2)n1.I. The number of morpholine rings is 1. The van der Waals surface area contributed by atoms with Gasteiger partial charge in [-0.05, 0) is 38.4 Å². The normalized spacial score (nSPS) is 15.0. The van der Waals surface area contributed by atoms with Gasteiger partial charge in [0.1, 0.15) is 6.26 Å². The number of rotatable bonds is 8. The van der Waals surface area contributed by atoms with E-state index in [0.717, 1.165) is 63.0 Å². The number of unbranched alkanes of at least 4 members (excludes halogenated alkanes) is 1. The second-order valence-corrected chi connectivity index (χ2v) is 7.02. The van der Waals surface area contributed by atoms with Gasteiger partial charge in [0.25, 0.3) is 0 Å². The zero-order valence-electron chi connectivity index (χ0n) is 17.3. The molecule has 2 aromatic rings. The van der Waals surface area contributed by atoms with E-state index in [-0.39, 0.29) is 24.0 Å². The summed E-state index contributed by atoms with van der Waals surface area (Å²) in [5.41, 5.74) is 3.06. The van der Waals surface area contributed by atoms with Crippen molar-refractivity contribution in [3.05, 3.63) is 41.8 Å². The van der Waals surface area contributed by atoms with Crippen molar-refractivity contribution in [2.24, 2.45) is 4.99 Å². The van der Waals surface area contributed by atoms with Crippen LogP contribution < -0.4 is 10.6 Å². The number of aryl methyl sites for hydroxylation is 1. The van der Waals surface area contributed by atoms with E-state index in [4.69, 9.17) is 9.15 Å². The lowest BCUT2D eigenvalue weighted by molar-refractivity contribution is 0.0372. The van der Waals surface area contributed by atoms with Crippen molar-refractivity contribution in [1.29, 1.82) is 0 Å². The van der Waals surface area contributed by atoms with Gasteiger partial charge in [-0.3, -0.25) is 9.89 Å². The lowest BCUT2D eigenvalue weighted by Gasteiger charge is -2.26. The predicted molar refractivity (Wildman–Crippen MR) is 127 cm³/mol. The molecule has 1 fully saturated rings. The van der Waals surface area contributed by atoms with E-state index in [1.807, 2.05) is 12.1 Å². The predicted octanol–water partition coefficient (Wildman–Crippen LogP) is 3.05. The molecular formula is C21H32IN5O2. The number of guanidine groups is 1. The molecule has 0 atom stereocenters. The number of hydrogen-bond donors (Lipinski definition) is 2. The maximum atomic E-state index is 5.60. The molecule has 0 bridgehead atoms. The quantitative estimate of drug-likeness (QED) is 0.245. The minimum Gasteiger partial charge on any atom is -0.444 e. The first-order valence-electron chi connectivity index (χ1n) is 10.0. The van der Waals surface area contributed by atoms with Crippen LogP contribution in [0, 0.1) is 6.92 Å². The molecule has 1 saturated heterocycles. The third kappa shape index (κ3) is 7.94. The third-order valence-corrected chi connectivity index (χ3v) is 4.81. The van der Waals surface area contributed by atoms with E-state index in [1.165, 1.54) is 12.0 Å². The van der Waals surface area contributed by atoms with Crippen LogP contribution in [0.1, 0.15) is 24.1 Å². The van der Waals surface area contributed by atoms with Crippen molar-refractivity contribution in [2.75, 3.05) is 46.4 Å². The first-order chi connectivity index (χ1) is 13.7.